The van der Waals surface area contributed by atoms with Crippen LogP contribution in [0.2, 0.25) is 0 Å². The van der Waals surface area contributed by atoms with Gasteiger partial charge in [0.05, 0.1) is 26.5 Å². The average Bonchev–Trinajstić information content (AvgIpc) is 3.36. The number of furan rings is 1. The van der Waals surface area contributed by atoms with E-state index in [1.54, 1.807) is 49.6 Å². The van der Waals surface area contributed by atoms with Crippen molar-refractivity contribution in [3.8, 4) is 17.6 Å². The number of carbonyl (C=O) groups is 2. The standard InChI is InChI=1S/C23H26N4O5/c1-16(17-6-7-19(30-2)21(13-17)31-3)25-22(28)18(14-24)15-26-8-10-27(11-9-26)23(29)20-5-4-12-32-20/h4-7,12-13,15-16H,8-11H2,1-3H3,(H,25,28)/b18-15-. The van der Waals surface area contributed by atoms with Gasteiger partial charge in [-0.05, 0) is 36.8 Å². The number of nitriles is 1. The zero-order chi connectivity index (χ0) is 23.1. The highest BCUT2D eigenvalue weighted by atomic mass is 16.5. The van der Waals surface area contributed by atoms with Crippen molar-refractivity contribution in [1.82, 2.24) is 15.1 Å². The van der Waals surface area contributed by atoms with Gasteiger partial charge in [0.25, 0.3) is 11.8 Å². The summed E-state index contributed by atoms with van der Waals surface area (Å²) in [4.78, 5) is 28.6. The Kier molecular flexibility index (Phi) is 7.39. The number of rotatable bonds is 7. The van der Waals surface area contributed by atoms with E-state index in [2.05, 4.69) is 5.32 Å². The molecule has 168 valence electrons. The summed E-state index contributed by atoms with van der Waals surface area (Å²) >= 11 is 0. The molecule has 9 nitrogen and oxygen atoms in total. The van der Waals surface area contributed by atoms with Gasteiger partial charge in [-0.25, -0.2) is 0 Å². The van der Waals surface area contributed by atoms with Crippen LogP contribution in [0.15, 0.2) is 52.8 Å². The Morgan fingerprint density at radius 3 is 2.47 bits per heavy atom. The van der Waals surface area contributed by atoms with Gasteiger partial charge in [0, 0.05) is 32.4 Å². The molecule has 0 bridgehead atoms. The minimum atomic E-state index is -0.469. The Hall–Kier alpha value is -3.93. The van der Waals surface area contributed by atoms with Gasteiger partial charge in [-0.3, -0.25) is 9.59 Å². The lowest BCUT2D eigenvalue weighted by atomic mass is 10.1. The van der Waals surface area contributed by atoms with Gasteiger partial charge < -0.3 is 29.0 Å². The lowest BCUT2D eigenvalue weighted by Crippen LogP contribution is -2.47. The van der Waals surface area contributed by atoms with Crippen LogP contribution in [0, 0.1) is 11.3 Å². The van der Waals surface area contributed by atoms with E-state index in [1.807, 2.05) is 24.0 Å². The molecule has 1 aromatic carbocycles. The molecule has 0 spiro atoms. The number of hydrogen-bond donors (Lipinski definition) is 1. The summed E-state index contributed by atoms with van der Waals surface area (Å²) in [6.07, 6.45) is 3.01. The minimum absolute atomic E-state index is 0.00291. The molecule has 1 aromatic heterocycles. The molecular weight excluding hydrogens is 412 g/mol. The molecule has 1 atom stereocenters. The van der Waals surface area contributed by atoms with Crippen LogP contribution in [0.25, 0.3) is 0 Å². The van der Waals surface area contributed by atoms with Crippen LogP contribution >= 0.6 is 0 Å². The third kappa shape index (κ3) is 5.21. The molecule has 1 saturated heterocycles. The molecule has 2 heterocycles. The summed E-state index contributed by atoms with van der Waals surface area (Å²) in [5, 5.41) is 12.3. The van der Waals surface area contributed by atoms with Gasteiger partial charge in [0.2, 0.25) is 0 Å². The van der Waals surface area contributed by atoms with Crippen LogP contribution in [0.4, 0.5) is 0 Å². The van der Waals surface area contributed by atoms with Gasteiger partial charge >= 0.3 is 0 Å². The number of amides is 2. The molecule has 32 heavy (non-hydrogen) atoms. The summed E-state index contributed by atoms with van der Waals surface area (Å²) in [5.41, 5.74) is 0.821. The van der Waals surface area contributed by atoms with Crippen LogP contribution in [-0.4, -0.2) is 62.0 Å². The van der Waals surface area contributed by atoms with Crippen LogP contribution in [0.5, 0.6) is 11.5 Å². The highest BCUT2D eigenvalue weighted by Crippen LogP contribution is 2.30. The Labute approximate surface area is 186 Å². The molecule has 2 aromatic rings. The Morgan fingerprint density at radius 1 is 1.16 bits per heavy atom. The highest BCUT2D eigenvalue weighted by molar-refractivity contribution is 5.97. The zero-order valence-corrected chi connectivity index (χ0v) is 18.3. The summed E-state index contributed by atoms with van der Waals surface area (Å²) in [6, 6.07) is 10.3. The monoisotopic (exact) mass is 438 g/mol. The number of ether oxygens (including phenoxy) is 2. The first-order valence-electron chi connectivity index (χ1n) is 10.2. The van der Waals surface area contributed by atoms with Gasteiger partial charge in [0.1, 0.15) is 11.6 Å². The Morgan fingerprint density at radius 2 is 1.88 bits per heavy atom. The first kappa shape index (κ1) is 22.7. The molecule has 1 aliphatic heterocycles. The van der Waals surface area contributed by atoms with Crippen molar-refractivity contribution in [2.24, 2.45) is 0 Å². The maximum atomic E-state index is 12.7. The second kappa shape index (κ2) is 10.4. The number of carbonyl (C=O) groups excluding carboxylic acids is 2. The molecule has 0 radical (unpaired) electrons. The predicted octanol–water partition coefficient (Wildman–Crippen LogP) is 2.34. The van der Waals surface area contributed by atoms with E-state index in [9.17, 15) is 14.9 Å². The molecule has 1 aliphatic rings. The highest BCUT2D eigenvalue weighted by Gasteiger charge is 2.24. The van der Waals surface area contributed by atoms with Crippen molar-refractivity contribution in [3.63, 3.8) is 0 Å². The normalized spacial score (nSPS) is 15.0. The van der Waals surface area contributed by atoms with Crippen molar-refractivity contribution in [2.75, 3.05) is 40.4 Å². The molecule has 3 rings (SSSR count). The Bertz CT molecular complexity index is 1020. The van der Waals surface area contributed by atoms with E-state index in [0.717, 1.165) is 5.56 Å². The minimum Gasteiger partial charge on any atom is -0.493 e. The Balaban J connectivity index is 1.60. The fourth-order valence-electron chi connectivity index (χ4n) is 3.41. The molecular formula is C23H26N4O5. The van der Waals surface area contributed by atoms with E-state index in [4.69, 9.17) is 13.9 Å². The largest absolute Gasteiger partial charge is 0.493 e. The number of hydrogen-bond acceptors (Lipinski definition) is 7. The number of piperazine rings is 1. The van der Waals surface area contributed by atoms with Gasteiger partial charge in [-0.1, -0.05) is 6.07 Å². The van der Waals surface area contributed by atoms with E-state index in [1.165, 1.54) is 6.26 Å². The quantitative estimate of drug-likeness (QED) is 0.522. The molecule has 0 saturated carbocycles. The fourth-order valence-corrected chi connectivity index (χ4v) is 3.41. The van der Waals surface area contributed by atoms with E-state index < -0.39 is 5.91 Å². The number of benzene rings is 1. The fraction of sp³-hybridized carbons (Fsp3) is 0.348. The third-order valence-corrected chi connectivity index (χ3v) is 5.27. The first-order chi connectivity index (χ1) is 15.5. The summed E-state index contributed by atoms with van der Waals surface area (Å²) in [6.45, 7) is 3.79. The predicted molar refractivity (Wildman–Crippen MR) is 116 cm³/mol. The zero-order valence-electron chi connectivity index (χ0n) is 18.3. The molecule has 1 unspecified atom stereocenters. The molecule has 2 amide bonds. The van der Waals surface area contributed by atoms with E-state index >= 15 is 0 Å². The third-order valence-electron chi connectivity index (χ3n) is 5.27. The second-order valence-corrected chi connectivity index (χ2v) is 7.27. The second-order valence-electron chi connectivity index (χ2n) is 7.27. The van der Waals surface area contributed by atoms with E-state index in [0.29, 0.717) is 43.4 Å². The van der Waals surface area contributed by atoms with Gasteiger partial charge in [0.15, 0.2) is 17.3 Å². The molecule has 0 aliphatic carbocycles. The summed E-state index contributed by atoms with van der Waals surface area (Å²) in [5.74, 6) is 0.820. The summed E-state index contributed by atoms with van der Waals surface area (Å²) < 4.78 is 15.7. The lowest BCUT2D eigenvalue weighted by molar-refractivity contribution is -0.117. The van der Waals surface area contributed by atoms with E-state index in [-0.39, 0.29) is 17.5 Å². The molecule has 1 fully saturated rings. The topological polar surface area (TPSA) is 108 Å². The number of nitrogens with one attached hydrogen (secondary N) is 1. The average molecular weight is 438 g/mol. The van der Waals surface area contributed by atoms with Crippen molar-refractivity contribution < 1.29 is 23.5 Å². The SMILES string of the molecule is COc1ccc(C(C)NC(=O)/C(C#N)=C\N2CCN(C(=O)c3ccco3)CC2)cc1OC. The smallest absolute Gasteiger partial charge is 0.289 e. The lowest BCUT2D eigenvalue weighted by Gasteiger charge is -2.33. The van der Waals surface area contributed by atoms with Crippen LogP contribution in [0.3, 0.4) is 0 Å². The first-order valence-corrected chi connectivity index (χ1v) is 10.2. The van der Waals surface area contributed by atoms with Crippen molar-refractivity contribution in [2.45, 2.75) is 13.0 Å². The number of methoxy groups -OCH3 is 2. The van der Waals surface area contributed by atoms with Crippen LogP contribution in [0.1, 0.15) is 29.1 Å². The van der Waals surface area contributed by atoms with Crippen molar-refractivity contribution in [3.05, 3.63) is 59.7 Å². The van der Waals surface area contributed by atoms with Crippen LogP contribution in [-0.2, 0) is 4.79 Å². The van der Waals surface area contributed by atoms with Crippen molar-refractivity contribution in [1.29, 1.82) is 5.26 Å². The number of nitrogens with zero attached hydrogens (tertiary/aromatic N) is 3. The maximum absolute atomic E-state index is 12.7. The van der Waals surface area contributed by atoms with Crippen LogP contribution < -0.4 is 14.8 Å². The molecule has 1 N–H and O–H groups in total. The van der Waals surface area contributed by atoms with Gasteiger partial charge in [-0.2, -0.15) is 5.26 Å². The van der Waals surface area contributed by atoms with Crippen molar-refractivity contribution >= 4 is 11.8 Å². The molecule has 9 heteroatoms. The summed E-state index contributed by atoms with van der Waals surface area (Å²) in [7, 11) is 3.10. The maximum Gasteiger partial charge on any atom is 0.289 e. The van der Waals surface area contributed by atoms with Gasteiger partial charge in [-0.15, -0.1) is 0 Å².